The zero-order valence-corrected chi connectivity index (χ0v) is 10.2. The molecule has 6 heteroatoms. The Bertz CT molecular complexity index is 601. The summed E-state index contributed by atoms with van der Waals surface area (Å²) in [5.41, 5.74) is 0.535. The second kappa shape index (κ2) is 5.34. The van der Waals surface area contributed by atoms with Gasteiger partial charge in [-0.3, -0.25) is 0 Å². The Balaban J connectivity index is 2.22. The van der Waals surface area contributed by atoms with Crippen LogP contribution < -0.4 is 0 Å². The van der Waals surface area contributed by atoms with Gasteiger partial charge in [0.2, 0.25) is 0 Å². The van der Waals surface area contributed by atoms with Gasteiger partial charge in [-0.25, -0.2) is 14.6 Å². The van der Waals surface area contributed by atoms with Crippen LogP contribution in [-0.4, -0.2) is 33.2 Å². The second-order valence-electron chi connectivity index (χ2n) is 3.74. The third-order valence-corrected chi connectivity index (χ3v) is 2.46. The van der Waals surface area contributed by atoms with Crippen LogP contribution in [-0.2, 0) is 4.74 Å². The number of hydrogen-bond donors (Lipinski definition) is 1. The first-order valence-electron chi connectivity index (χ1n) is 5.66. The molecule has 0 atom stereocenters. The lowest BCUT2D eigenvalue weighted by Crippen LogP contribution is -2.06. The average molecular weight is 260 g/mol. The van der Waals surface area contributed by atoms with Crippen molar-refractivity contribution in [2.24, 2.45) is 0 Å². The number of aromatic nitrogens is 2. The monoisotopic (exact) mass is 260 g/mol. The molecule has 0 aliphatic heterocycles. The number of carbonyl (C=O) groups excluding carboxylic acids is 1. The molecule has 0 saturated carbocycles. The molecule has 2 rings (SSSR count). The zero-order valence-electron chi connectivity index (χ0n) is 10.2. The van der Waals surface area contributed by atoms with Gasteiger partial charge in [-0.05, 0) is 25.1 Å². The molecule has 98 valence electrons. The summed E-state index contributed by atoms with van der Waals surface area (Å²) in [6, 6.07) is 4.68. The molecular formula is C13H12N2O4. The number of pyridine rings is 1. The number of nitrogens with zero attached hydrogens (tertiary/aromatic N) is 2. The molecule has 2 aromatic heterocycles. The van der Waals surface area contributed by atoms with E-state index in [2.05, 4.69) is 4.98 Å². The highest BCUT2D eigenvalue weighted by Crippen LogP contribution is 2.10. The summed E-state index contributed by atoms with van der Waals surface area (Å²) in [5.74, 6) is -0.900. The normalized spacial score (nSPS) is 10.2. The van der Waals surface area contributed by atoms with Crippen molar-refractivity contribution in [1.29, 1.82) is 0 Å². The van der Waals surface area contributed by atoms with Gasteiger partial charge in [-0.1, -0.05) is 0 Å². The molecular weight excluding hydrogens is 248 g/mol. The summed E-state index contributed by atoms with van der Waals surface area (Å²) >= 11 is 0. The van der Waals surface area contributed by atoms with Gasteiger partial charge in [0.25, 0.3) is 0 Å². The van der Waals surface area contributed by atoms with Crippen molar-refractivity contribution in [3.05, 3.63) is 47.9 Å². The fourth-order valence-electron chi connectivity index (χ4n) is 1.54. The number of hydrogen-bond acceptors (Lipinski definition) is 4. The summed E-state index contributed by atoms with van der Waals surface area (Å²) in [6.07, 6.45) is 4.44. The topological polar surface area (TPSA) is 81.4 Å². The predicted molar refractivity (Wildman–Crippen MR) is 66.5 cm³/mol. The van der Waals surface area contributed by atoms with Crippen molar-refractivity contribution in [1.82, 2.24) is 9.55 Å². The molecule has 2 heterocycles. The van der Waals surface area contributed by atoms with Crippen molar-refractivity contribution in [2.45, 2.75) is 6.92 Å². The zero-order chi connectivity index (χ0) is 13.8. The molecule has 6 nitrogen and oxygen atoms in total. The van der Waals surface area contributed by atoms with E-state index in [0.29, 0.717) is 18.0 Å². The van der Waals surface area contributed by atoms with E-state index < -0.39 is 11.9 Å². The quantitative estimate of drug-likeness (QED) is 0.847. The third-order valence-electron chi connectivity index (χ3n) is 2.46. The average Bonchev–Trinajstić information content (AvgIpc) is 2.89. The number of aromatic carboxylic acids is 1. The van der Waals surface area contributed by atoms with Crippen molar-refractivity contribution in [3.8, 4) is 5.82 Å². The highest BCUT2D eigenvalue weighted by atomic mass is 16.5. The molecule has 0 spiro atoms. The highest BCUT2D eigenvalue weighted by Gasteiger charge is 2.09. The lowest BCUT2D eigenvalue weighted by molar-refractivity contribution is 0.0525. The number of carboxylic acid groups (broad SMARTS) is 1. The van der Waals surface area contributed by atoms with E-state index in [4.69, 9.17) is 9.84 Å². The first-order chi connectivity index (χ1) is 9.11. The summed E-state index contributed by atoms with van der Waals surface area (Å²) in [4.78, 5) is 26.3. The largest absolute Gasteiger partial charge is 0.478 e. The highest BCUT2D eigenvalue weighted by molar-refractivity contribution is 5.89. The van der Waals surface area contributed by atoms with Crippen LogP contribution in [0.4, 0.5) is 0 Å². The molecule has 0 radical (unpaired) electrons. The van der Waals surface area contributed by atoms with Crippen LogP contribution in [0.25, 0.3) is 5.82 Å². The molecule has 0 unspecified atom stereocenters. The van der Waals surface area contributed by atoms with Crippen molar-refractivity contribution in [3.63, 3.8) is 0 Å². The summed E-state index contributed by atoms with van der Waals surface area (Å²) in [5, 5.41) is 8.83. The minimum atomic E-state index is -0.998. The van der Waals surface area contributed by atoms with E-state index in [0.717, 1.165) is 0 Å². The van der Waals surface area contributed by atoms with Crippen LogP contribution >= 0.6 is 0 Å². The lowest BCUT2D eigenvalue weighted by atomic mass is 10.3. The molecule has 2 aromatic rings. The molecule has 0 aliphatic rings. The van der Waals surface area contributed by atoms with Crippen LogP contribution in [0.2, 0.25) is 0 Å². The molecule has 0 fully saturated rings. The third kappa shape index (κ3) is 2.79. The minimum absolute atomic E-state index is 0.177. The van der Waals surface area contributed by atoms with E-state index in [-0.39, 0.29) is 5.56 Å². The van der Waals surface area contributed by atoms with Crippen LogP contribution in [0.1, 0.15) is 27.6 Å². The van der Waals surface area contributed by atoms with E-state index in [1.807, 2.05) is 0 Å². The number of carbonyl (C=O) groups is 2. The minimum Gasteiger partial charge on any atom is -0.478 e. The van der Waals surface area contributed by atoms with Crippen molar-refractivity contribution >= 4 is 11.9 Å². The van der Waals surface area contributed by atoms with E-state index in [1.165, 1.54) is 18.5 Å². The summed E-state index contributed by atoms with van der Waals surface area (Å²) < 4.78 is 6.41. The van der Waals surface area contributed by atoms with Crippen molar-refractivity contribution < 1.29 is 19.4 Å². The molecule has 0 bridgehead atoms. The lowest BCUT2D eigenvalue weighted by Gasteiger charge is -2.04. The number of rotatable bonds is 4. The molecule has 1 N–H and O–H groups in total. The van der Waals surface area contributed by atoms with Crippen LogP contribution in [0.3, 0.4) is 0 Å². The Morgan fingerprint density at radius 1 is 1.32 bits per heavy atom. The Morgan fingerprint density at radius 3 is 2.63 bits per heavy atom. The van der Waals surface area contributed by atoms with E-state index in [9.17, 15) is 9.59 Å². The van der Waals surface area contributed by atoms with Gasteiger partial charge < -0.3 is 14.4 Å². The predicted octanol–water partition coefficient (Wildman–Crippen LogP) is 1.75. The Hall–Kier alpha value is -2.63. The van der Waals surface area contributed by atoms with Crippen LogP contribution in [0.5, 0.6) is 0 Å². The maximum absolute atomic E-state index is 11.4. The molecule has 0 aromatic carbocycles. The first kappa shape index (κ1) is 12.8. The van der Waals surface area contributed by atoms with E-state index >= 15 is 0 Å². The van der Waals surface area contributed by atoms with Gasteiger partial charge in [0.05, 0.1) is 17.7 Å². The second-order valence-corrected chi connectivity index (χ2v) is 3.74. The molecule has 0 amide bonds. The SMILES string of the molecule is CCOC(=O)c1ccc(-n2ccc(C(=O)O)c2)nc1. The maximum atomic E-state index is 11.4. The molecule has 0 saturated heterocycles. The van der Waals surface area contributed by atoms with Gasteiger partial charge in [-0.15, -0.1) is 0 Å². The summed E-state index contributed by atoms with van der Waals surface area (Å²) in [6.45, 7) is 2.03. The Morgan fingerprint density at radius 2 is 2.11 bits per heavy atom. The fourth-order valence-corrected chi connectivity index (χ4v) is 1.54. The van der Waals surface area contributed by atoms with E-state index in [1.54, 1.807) is 29.8 Å². The van der Waals surface area contributed by atoms with Crippen LogP contribution in [0.15, 0.2) is 36.8 Å². The first-order valence-corrected chi connectivity index (χ1v) is 5.66. The van der Waals surface area contributed by atoms with Gasteiger partial charge in [0, 0.05) is 18.6 Å². The maximum Gasteiger partial charge on any atom is 0.339 e. The van der Waals surface area contributed by atoms with Gasteiger partial charge in [0.1, 0.15) is 5.82 Å². The van der Waals surface area contributed by atoms with Gasteiger partial charge in [0.15, 0.2) is 0 Å². The number of esters is 1. The Labute approximate surface area is 109 Å². The van der Waals surface area contributed by atoms with Crippen LogP contribution in [0, 0.1) is 0 Å². The smallest absolute Gasteiger partial charge is 0.339 e. The van der Waals surface area contributed by atoms with Gasteiger partial charge in [-0.2, -0.15) is 0 Å². The number of carboxylic acids is 1. The molecule has 19 heavy (non-hydrogen) atoms. The molecule has 0 aliphatic carbocycles. The van der Waals surface area contributed by atoms with Gasteiger partial charge >= 0.3 is 11.9 Å². The standard InChI is InChI=1S/C13H12N2O4/c1-2-19-13(18)9-3-4-11(14-7-9)15-6-5-10(8-15)12(16)17/h3-8H,2H2,1H3,(H,16,17). The summed E-state index contributed by atoms with van der Waals surface area (Å²) in [7, 11) is 0. The number of ether oxygens (including phenoxy) is 1. The Kier molecular flexibility index (Phi) is 3.61. The van der Waals surface area contributed by atoms with Crippen molar-refractivity contribution in [2.75, 3.05) is 6.61 Å². The fraction of sp³-hybridized carbons (Fsp3) is 0.154.